The number of aromatic nitrogens is 3. The summed E-state index contributed by atoms with van der Waals surface area (Å²) >= 11 is 0. The molecule has 0 unspecified atom stereocenters. The maximum Gasteiger partial charge on any atom is 0.157 e. The van der Waals surface area contributed by atoms with Crippen LogP contribution in [-0.4, -0.2) is 33.7 Å². The first-order valence-electron chi connectivity index (χ1n) is 8.88. The smallest absolute Gasteiger partial charge is 0.157 e. The van der Waals surface area contributed by atoms with Gasteiger partial charge in [0.1, 0.15) is 11.6 Å². The van der Waals surface area contributed by atoms with Crippen LogP contribution in [0.2, 0.25) is 0 Å². The standard InChI is InChI=1S/C19H22FN5/c20-16-7-2-1-6-15(16)17-13-19(25-18(24-17)9-12-23-25)22-11-8-14-5-3-4-10-21-14/h1-2,6-7,9,12-14,21-22H,3-5,8,10-11H2/t14-/m0/s1. The second-order valence-electron chi connectivity index (χ2n) is 6.47. The minimum atomic E-state index is -0.267. The topological polar surface area (TPSA) is 54.2 Å². The summed E-state index contributed by atoms with van der Waals surface area (Å²) in [6, 6.07) is 11.0. The van der Waals surface area contributed by atoms with Crippen LogP contribution in [0.3, 0.4) is 0 Å². The fraction of sp³-hybridized carbons (Fsp3) is 0.368. The normalized spacial score (nSPS) is 17.7. The predicted octanol–water partition coefficient (Wildman–Crippen LogP) is 3.48. The van der Waals surface area contributed by atoms with Gasteiger partial charge in [-0.05, 0) is 37.9 Å². The zero-order valence-corrected chi connectivity index (χ0v) is 14.1. The van der Waals surface area contributed by atoms with E-state index in [9.17, 15) is 4.39 Å². The molecule has 3 aromatic rings. The van der Waals surface area contributed by atoms with Crippen molar-refractivity contribution in [2.24, 2.45) is 0 Å². The van der Waals surface area contributed by atoms with Gasteiger partial charge in [-0.2, -0.15) is 9.61 Å². The molecule has 1 saturated heterocycles. The van der Waals surface area contributed by atoms with E-state index < -0.39 is 0 Å². The lowest BCUT2D eigenvalue weighted by atomic mass is 10.0. The Bertz CT molecular complexity index is 854. The highest BCUT2D eigenvalue weighted by atomic mass is 19.1. The molecule has 1 aliphatic rings. The molecule has 5 nitrogen and oxygen atoms in total. The molecule has 0 aliphatic carbocycles. The number of nitrogens with one attached hydrogen (secondary N) is 2. The summed E-state index contributed by atoms with van der Waals surface area (Å²) in [5.41, 5.74) is 1.83. The summed E-state index contributed by atoms with van der Waals surface area (Å²) in [6.45, 7) is 1.95. The van der Waals surface area contributed by atoms with Crippen LogP contribution < -0.4 is 10.6 Å². The first-order valence-corrected chi connectivity index (χ1v) is 8.88. The molecule has 1 aliphatic heterocycles. The molecule has 3 heterocycles. The molecule has 6 heteroatoms. The summed E-state index contributed by atoms with van der Waals surface area (Å²) in [5.74, 6) is 0.570. The van der Waals surface area contributed by atoms with E-state index in [-0.39, 0.29) is 5.82 Å². The van der Waals surface area contributed by atoms with Crippen molar-refractivity contribution in [1.29, 1.82) is 0 Å². The van der Waals surface area contributed by atoms with Crippen molar-refractivity contribution in [3.05, 3.63) is 48.4 Å². The van der Waals surface area contributed by atoms with Gasteiger partial charge in [0.2, 0.25) is 0 Å². The van der Waals surface area contributed by atoms with Crippen molar-refractivity contribution in [2.45, 2.75) is 31.7 Å². The SMILES string of the molecule is Fc1ccccc1-c1cc(NCC[C@@H]2CCCCN2)n2nccc2n1. The van der Waals surface area contributed by atoms with Gasteiger partial charge in [-0.1, -0.05) is 18.6 Å². The number of piperidine rings is 1. The van der Waals surface area contributed by atoms with Crippen molar-refractivity contribution in [3.8, 4) is 11.3 Å². The highest BCUT2D eigenvalue weighted by molar-refractivity contribution is 5.66. The first-order chi connectivity index (χ1) is 12.3. The minimum absolute atomic E-state index is 0.267. The first kappa shape index (κ1) is 16.0. The van der Waals surface area contributed by atoms with Crippen LogP contribution in [0.15, 0.2) is 42.6 Å². The highest BCUT2D eigenvalue weighted by Crippen LogP contribution is 2.24. The van der Waals surface area contributed by atoms with Gasteiger partial charge in [-0.25, -0.2) is 9.37 Å². The largest absolute Gasteiger partial charge is 0.370 e. The molecule has 25 heavy (non-hydrogen) atoms. The zero-order chi connectivity index (χ0) is 17.1. The molecular weight excluding hydrogens is 317 g/mol. The summed E-state index contributed by atoms with van der Waals surface area (Å²) < 4.78 is 15.9. The van der Waals surface area contributed by atoms with Gasteiger partial charge in [0, 0.05) is 30.3 Å². The lowest BCUT2D eigenvalue weighted by Crippen LogP contribution is -2.35. The Morgan fingerprint density at radius 1 is 1.24 bits per heavy atom. The minimum Gasteiger partial charge on any atom is -0.370 e. The lowest BCUT2D eigenvalue weighted by Gasteiger charge is -2.23. The number of nitrogens with zero attached hydrogens (tertiary/aromatic N) is 3. The van der Waals surface area contributed by atoms with E-state index in [0.29, 0.717) is 22.9 Å². The van der Waals surface area contributed by atoms with E-state index in [1.807, 2.05) is 18.2 Å². The quantitative estimate of drug-likeness (QED) is 0.747. The van der Waals surface area contributed by atoms with E-state index in [1.54, 1.807) is 22.8 Å². The van der Waals surface area contributed by atoms with Gasteiger partial charge >= 0.3 is 0 Å². The molecule has 0 amide bonds. The Morgan fingerprint density at radius 3 is 3.00 bits per heavy atom. The Labute approximate surface area is 146 Å². The Kier molecular flexibility index (Phi) is 4.61. The fourth-order valence-corrected chi connectivity index (χ4v) is 3.39. The summed E-state index contributed by atoms with van der Waals surface area (Å²) in [6.07, 6.45) is 6.57. The molecule has 0 bridgehead atoms. The fourth-order valence-electron chi connectivity index (χ4n) is 3.39. The monoisotopic (exact) mass is 339 g/mol. The molecule has 0 radical (unpaired) electrons. The van der Waals surface area contributed by atoms with E-state index in [4.69, 9.17) is 0 Å². The number of rotatable bonds is 5. The van der Waals surface area contributed by atoms with Gasteiger partial charge in [-0.3, -0.25) is 0 Å². The third kappa shape index (κ3) is 3.49. The second-order valence-corrected chi connectivity index (χ2v) is 6.47. The number of hydrogen-bond acceptors (Lipinski definition) is 4. The molecule has 1 atom stereocenters. The number of benzene rings is 1. The van der Waals surface area contributed by atoms with Crippen molar-refractivity contribution >= 4 is 11.5 Å². The third-order valence-electron chi connectivity index (χ3n) is 4.72. The maximum absolute atomic E-state index is 14.1. The Balaban J connectivity index is 1.57. The van der Waals surface area contributed by atoms with Crippen LogP contribution in [0.5, 0.6) is 0 Å². The molecule has 130 valence electrons. The molecule has 0 spiro atoms. The summed E-state index contributed by atoms with van der Waals surface area (Å²) in [4.78, 5) is 4.53. The van der Waals surface area contributed by atoms with Crippen LogP contribution in [0.1, 0.15) is 25.7 Å². The van der Waals surface area contributed by atoms with Crippen molar-refractivity contribution < 1.29 is 4.39 Å². The molecule has 0 saturated carbocycles. The van der Waals surface area contributed by atoms with E-state index in [0.717, 1.165) is 25.3 Å². The lowest BCUT2D eigenvalue weighted by molar-refractivity contribution is 0.388. The Morgan fingerprint density at radius 2 is 2.16 bits per heavy atom. The van der Waals surface area contributed by atoms with E-state index in [1.165, 1.54) is 25.3 Å². The van der Waals surface area contributed by atoms with Crippen LogP contribution in [0.25, 0.3) is 16.9 Å². The predicted molar refractivity (Wildman–Crippen MR) is 97.1 cm³/mol. The van der Waals surface area contributed by atoms with Crippen molar-refractivity contribution in [1.82, 2.24) is 19.9 Å². The number of anilines is 1. The van der Waals surface area contributed by atoms with Crippen molar-refractivity contribution in [2.75, 3.05) is 18.4 Å². The molecule has 4 rings (SSSR count). The van der Waals surface area contributed by atoms with E-state index in [2.05, 4.69) is 20.7 Å². The van der Waals surface area contributed by atoms with E-state index >= 15 is 0 Å². The van der Waals surface area contributed by atoms with Crippen LogP contribution >= 0.6 is 0 Å². The average molecular weight is 339 g/mol. The molecule has 1 aromatic carbocycles. The molecule has 1 fully saturated rings. The second kappa shape index (κ2) is 7.19. The van der Waals surface area contributed by atoms with Gasteiger partial charge in [-0.15, -0.1) is 0 Å². The van der Waals surface area contributed by atoms with Gasteiger partial charge in [0.05, 0.1) is 11.9 Å². The number of halogens is 1. The average Bonchev–Trinajstić information content (AvgIpc) is 3.12. The van der Waals surface area contributed by atoms with Gasteiger partial charge < -0.3 is 10.6 Å². The number of fused-ring (bicyclic) bond motifs is 1. The van der Waals surface area contributed by atoms with Crippen molar-refractivity contribution in [3.63, 3.8) is 0 Å². The Hall–Kier alpha value is -2.47. The summed E-state index contributed by atoms with van der Waals surface area (Å²) in [5, 5.41) is 11.3. The molecule has 2 aromatic heterocycles. The van der Waals surface area contributed by atoms with Gasteiger partial charge in [0.25, 0.3) is 0 Å². The third-order valence-corrected chi connectivity index (χ3v) is 4.72. The summed E-state index contributed by atoms with van der Waals surface area (Å²) in [7, 11) is 0. The van der Waals surface area contributed by atoms with Crippen LogP contribution in [0.4, 0.5) is 10.2 Å². The number of hydrogen-bond donors (Lipinski definition) is 2. The van der Waals surface area contributed by atoms with Gasteiger partial charge in [0.15, 0.2) is 5.65 Å². The zero-order valence-electron chi connectivity index (χ0n) is 14.1. The molecular formula is C19H22FN5. The molecule has 2 N–H and O–H groups in total. The highest BCUT2D eigenvalue weighted by Gasteiger charge is 2.14. The van der Waals surface area contributed by atoms with Crippen LogP contribution in [-0.2, 0) is 0 Å². The maximum atomic E-state index is 14.1. The van der Waals surface area contributed by atoms with Crippen LogP contribution in [0, 0.1) is 5.82 Å².